The number of hydrogen-bond acceptors (Lipinski definition) is 10. The Morgan fingerprint density at radius 1 is 1.10 bits per heavy atom. The zero-order valence-electron chi connectivity index (χ0n) is 23.6. The second kappa shape index (κ2) is 13.3. The second-order valence-corrected chi connectivity index (χ2v) is 12.0. The number of amides is 2. The minimum atomic E-state index is -3.28. The van der Waals surface area contributed by atoms with Gasteiger partial charge in [-0.1, -0.05) is 31.1 Å². The van der Waals surface area contributed by atoms with Crippen molar-refractivity contribution in [2.24, 2.45) is 0 Å². The van der Waals surface area contributed by atoms with Crippen molar-refractivity contribution in [3.05, 3.63) is 29.7 Å². The van der Waals surface area contributed by atoms with E-state index in [4.69, 9.17) is 4.52 Å². The van der Waals surface area contributed by atoms with Crippen LogP contribution >= 0.6 is 0 Å². The Bertz CT molecular complexity index is 1240. The molecule has 2 heterocycles. The molecule has 0 aliphatic carbocycles. The Morgan fingerprint density at radius 3 is 2.38 bits per heavy atom. The lowest BCUT2D eigenvalue weighted by Gasteiger charge is -2.39. The minimum Gasteiger partial charge on any atom is -0.353 e. The molecule has 2 aromatic rings. The normalized spacial score (nSPS) is 14.9. The number of carbonyl (C=O) groups excluding carboxylic acids is 2. The number of aromatic nitrogens is 2. The number of carbonyl (C=O) groups is 2. The molecule has 1 aromatic carbocycles. The lowest BCUT2D eigenvalue weighted by molar-refractivity contribution is -0.146. The van der Waals surface area contributed by atoms with Gasteiger partial charge in [0.1, 0.15) is 0 Å². The van der Waals surface area contributed by atoms with Gasteiger partial charge in [0.05, 0.1) is 19.3 Å². The zero-order chi connectivity index (χ0) is 28.7. The van der Waals surface area contributed by atoms with Gasteiger partial charge in [0.2, 0.25) is 27.6 Å². The van der Waals surface area contributed by atoms with Crippen molar-refractivity contribution in [1.29, 1.82) is 0 Å². The predicted octanol–water partition coefficient (Wildman–Crippen LogP) is 0.225. The number of nitrogens with zero attached hydrogens (tertiary/aromatic N) is 6. The summed E-state index contributed by atoms with van der Waals surface area (Å²) in [7, 11) is -1.61. The Balaban J connectivity index is 1.77. The highest BCUT2D eigenvalue weighted by molar-refractivity contribution is 7.88. The van der Waals surface area contributed by atoms with Gasteiger partial charge in [-0.25, -0.2) is 13.4 Å². The van der Waals surface area contributed by atoms with E-state index < -0.39 is 10.0 Å². The van der Waals surface area contributed by atoms with Crippen LogP contribution in [0.2, 0.25) is 0 Å². The molecule has 2 N–H and O–H groups in total. The molecular weight excluding hydrogens is 524 g/mol. The highest BCUT2D eigenvalue weighted by atomic mass is 32.2. The van der Waals surface area contributed by atoms with Crippen molar-refractivity contribution in [3.63, 3.8) is 0 Å². The Hall–Kier alpha value is -3.07. The van der Waals surface area contributed by atoms with Crippen LogP contribution in [0.1, 0.15) is 25.3 Å². The fourth-order valence-corrected chi connectivity index (χ4v) is 5.08. The Morgan fingerprint density at radius 2 is 1.79 bits per heavy atom. The van der Waals surface area contributed by atoms with E-state index in [0.717, 1.165) is 5.56 Å². The molecule has 216 valence electrons. The number of rotatable bonds is 12. The zero-order valence-corrected chi connectivity index (χ0v) is 24.4. The smallest absolute Gasteiger partial charge is 0.256 e. The molecule has 39 heavy (non-hydrogen) atoms. The number of hydrogen-bond donors (Lipinski definition) is 2. The summed E-state index contributed by atoms with van der Waals surface area (Å²) in [5.74, 6) is 0.423. The second-order valence-electron chi connectivity index (χ2n) is 9.99. The molecule has 1 aromatic heterocycles. The predicted molar refractivity (Wildman–Crippen MR) is 148 cm³/mol. The first kappa shape index (κ1) is 30.5. The summed E-state index contributed by atoms with van der Waals surface area (Å²) in [5, 5.41) is 13.5. The molecular formula is C25H40N8O5S. The summed E-state index contributed by atoms with van der Waals surface area (Å²) in [4.78, 5) is 32.4. The Kier molecular flexibility index (Phi) is 10.4. The number of sulfonamides is 1. The quantitative estimate of drug-likeness (QED) is 0.344. The third kappa shape index (κ3) is 8.71. The van der Waals surface area contributed by atoms with Crippen molar-refractivity contribution in [2.45, 2.75) is 33.7 Å². The summed E-state index contributed by atoms with van der Waals surface area (Å²) in [6.07, 6.45) is 1.19. The number of anilines is 1. The molecule has 1 aliphatic heterocycles. The van der Waals surface area contributed by atoms with Crippen molar-refractivity contribution in [1.82, 2.24) is 35.1 Å². The molecule has 14 heteroatoms. The molecule has 0 bridgehead atoms. The van der Waals surface area contributed by atoms with Crippen molar-refractivity contribution in [2.75, 3.05) is 70.6 Å². The monoisotopic (exact) mass is 564 g/mol. The fourth-order valence-electron chi connectivity index (χ4n) is 4.26. The molecule has 0 saturated carbocycles. The first-order chi connectivity index (χ1) is 18.3. The van der Waals surface area contributed by atoms with Gasteiger partial charge in [-0.15, -0.1) is 0 Å². The highest BCUT2D eigenvalue weighted by Crippen LogP contribution is 2.27. The molecule has 1 aliphatic rings. The topological polar surface area (TPSA) is 144 Å². The van der Waals surface area contributed by atoms with E-state index in [1.807, 2.05) is 44.0 Å². The van der Waals surface area contributed by atoms with Crippen LogP contribution in [-0.2, 0) is 19.6 Å². The summed E-state index contributed by atoms with van der Waals surface area (Å²) in [5.41, 5.74) is 2.29. The van der Waals surface area contributed by atoms with E-state index in [0.29, 0.717) is 68.3 Å². The van der Waals surface area contributed by atoms with Crippen molar-refractivity contribution < 1.29 is 22.5 Å². The summed E-state index contributed by atoms with van der Waals surface area (Å²) in [6.45, 7) is 10.1. The summed E-state index contributed by atoms with van der Waals surface area (Å²) in [6, 6.07) is 5.93. The van der Waals surface area contributed by atoms with Crippen LogP contribution in [-0.4, -0.2) is 116 Å². The lowest BCUT2D eigenvalue weighted by Crippen LogP contribution is -2.56. The number of nitrogens with one attached hydrogen (secondary N) is 2. The molecule has 0 spiro atoms. The molecule has 13 nitrogen and oxygen atoms in total. The SMILES string of the molecule is Cc1nc(-c2ccc(C)c(N(CC(=O)NCCNC(C)C)CC(=O)N(C)N3CCN(S(C)(=O)=O)CC3)c2)no1. The van der Waals surface area contributed by atoms with Gasteiger partial charge in [-0.3, -0.25) is 14.6 Å². The first-order valence-corrected chi connectivity index (χ1v) is 14.8. The third-order valence-electron chi connectivity index (χ3n) is 6.47. The number of likely N-dealkylation sites (N-methyl/N-ethyl adjacent to an activating group) is 1. The van der Waals surface area contributed by atoms with E-state index in [-0.39, 0.29) is 24.9 Å². The van der Waals surface area contributed by atoms with Crippen molar-refractivity contribution in [3.8, 4) is 11.4 Å². The minimum absolute atomic E-state index is 0.0291. The maximum atomic E-state index is 13.4. The molecule has 0 radical (unpaired) electrons. The van der Waals surface area contributed by atoms with E-state index in [1.54, 1.807) is 18.9 Å². The molecule has 1 fully saturated rings. The molecule has 0 unspecified atom stereocenters. The van der Waals surface area contributed by atoms with Gasteiger partial charge >= 0.3 is 0 Å². The highest BCUT2D eigenvalue weighted by Gasteiger charge is 2.28. The standard InChI is InChI=1S/C25H40N8O5S/c1-18(2)26-9-10-27-23(34)16-31(22-15-21(8-7-19(22)3)25-28-20(4)38-29-25)17-24(35)30(5)32-11-13-33(14-12-32)39(6,36)37/h7-8,15,18,26H,9-14,16-17H2,1-6H3,(H,27,34). The van der Waals surface area contributed by atoms with Gasteiger partial charge < -0.3 is 20.1 Å². The van der Waals surface area contributed by atoms with E-state index in [2.05, 4.69) is 20.8 Å². The van der Waals surface area contributed by atoms with Gasteiger partial charge in [0, 0.05) is 70.5 Å². The number of benzene rings is 1. The van der Waals surface area contributed by atoms with Gasteiger partial charge in [0.15, 0.2) is 0 Å². The van der Waals surface area contributed by atoms with Crippen LogP contribution < -0.4 is 15.5 Å². The molecule has 1 saturated heterocycles. The summed E-state index contributed by atoms with van der Waals surface area (Å²) < 4.78 is 30.2. The van der Waals surface area contributed by atoms with E-state index >= 15 is 0 Å². The van der Waals surface area contributed by atoms with Crippen LogP contribution in [0.15, 0.2) is 22.7 Å². The molecule has 0 atom stereocenters. The molecule has 3 rings (SSSR count). The maximum absolute atomic E-state index is 13.4. The van der Waals surface area contributed by atoms with Crippen LogP contribution in [0.25, 0.3) is 11.4 Å². The number of aryl methyl sites for hydroxylation is 2. The van der Waals surface area contributed by atoms with E-state index in [9.17, 15) is 18.0 Å². The molecule has 2 amide bonds. The van der Waals surface area contributed by atoms with Crippen LogP contribution in [0, 0.1) is 13.8 Å². The summed E-state index contributed by atoms with van der Waals surface area (Å²) >= 11 is 0. The van der Waals surface area contributed by atoms with Crippen LogP contribution in [0.4, 0.5) is 5.69 Å². The average Bonchev–Trinajstić information content (AvgIpc) is 3.31. The van der Waals surface area contributed by atoms with Gasteiger partial charge in [-0.05, 0) is 18.6 Å². The third-order valence-corrected chi connectivity index (χ3v) is 7.77. The maximum Gasteiger partial charge on any atom is 0.256 e. The number of hydrazine groups is 1. The Labute approximate surface area is 230 Å². The van der Waals surface area contributed by atoms with E-state index in [1.165, 1.54) is 15.6 Å². The largest absolute Gasteiger partial charge is 0.353 e. The van der Waals surface area contributed by atoms with Gasteiger partial charge in [-0.2, -0.15) is 9.29 Å². The lowest BCUT2D eigenvalue weighted by atomic mass is 10.1. The number of piperazine rings is 1. The fraction of sp³-hybridized carbons (Fsp3) is 0.600. The van der Waals surface area contributed by atoms with Crippen molar-refractivity contribution >= 4 is 27.5 Å². The van der Waals surface area contributed by atoms with Crippen LogP contribution in [0.3, 0.4) is 0 Å². The van der Waals surface area contributed by atoms with Crippen LogP contribution in [0.5, 0.6) is 0 Å². The average molecular weight is 565 g/mol. The first-order valence-electron chi connectivity index (χ1n) is 13.0. The van der Waals surface area contributed by atoms with Gasteiger partial charge in [0.25, 0.3) is 5.91 Å².